The highest BCUT2D eigenvalue weighted by molar-refractivity contribution is 5.81. The van der Waals surface area contributed by atoms with Gasteiger partial charge in [-0.25, -0.2) is 0 Å². The molecule has 0 aliphatic heterocycles. The summed E-state index contributed by atoms with van der Waals surface area (Å²) in [5, 5.41) is 0. The van der Waals surface area contributed by atoms with Crippen LogP contribution in [0.5, 0.6) is 0 Å². The molecule has 81 heavy (non-hydrogen) atoms. The van der Waals surface area contributed by atoms with Crippen molar-refractivity contribution in [3.05, 3.63) is 350 Å². The number of hydrogen-bond acceptors (Lipinski definition) is 0. The fraction of sp³-hybridized carbons (Fsp3) is 0.0370. The van der Waals surface area contributed by atoms with Crippen LogP contribution in [0.25, 0.3) is 111 Å². The monoisotopic (exact) mass is 1040 g/mol. The SMILES string of the molecule is Cc1cc(-c2ccccc2)cc(-c2cccc(-c3ccccc3)c2)c1.Cc1ccc(-c2cccc(-c3cccc(-c4ccccc4)c3)c2)cc1.Cc1cccc(-c2cccc(-c3cccc(-c4cccc(-c5ccccc5)c4)c3)c2)c1. The van der Waals surface area contributed by atoms with Crippen molar-refractivity contribution in [3.8, 4) is 111 Å². The lowest BCUT2D eigenvalue weighted by atomic mass is 9.94. The van der Waals surface area contributed by atoms with Gasteiger partial charge in [-0.15, -0.1) is 0 Å². The number of benzene rings is 13. The van der Waals surface area contributed by atoms with Crippen molar-refractivity contribution in [3.63, 3.8) is 0 Å². The van der Waals surface area contributed by atoms with Gasteiger partial charge in [0.2, 0.25) is 0 Å². The van der Waals surface area contributed by atoms with Crippen molar-refractivity contribution in [1.29, 1.82) is 0 Å². The van der Waals surface area contributed by atoms with Gasteiger partial charge in [0.15, 0.2) is 0 Å². The third kappa shape index (κ3) is 13.6. The highest BCUT2D eigenvalue weighted by atomic mass is 14.1. The lowest BCUT2D eigenvalue weighted by Gasteiger charge is -2.10. The minimum atomic E-state index is 1.23. The first kappa shape index (κ1) is 52.9. The average molecular weight is 1040 g/mol. The first-order valence-electron chi connectivity index (χ1n) is 27.9. The van der Waals surface area contributed by atoms with Crippen molar-refractivity contribution in [1.82, 2.24) is 0 Å². The van der Waals surface area contributed by atoms with E-state index in [1.54, 1.807) is 0 Å². The van der Waals surface area contributed by atoms with Gasteiger partial charge in [-0.1, -0.05) is 302 Å². The van der Waals surface area contributed by atoms with Crippen LogP contribution < -0.4 is 0 Å². The zero-order valence-electron chi connectivity index (χ0n) is 46.3. The largest absolute Gasteiger partial charge is 0.0622 e. The van der Waals surface area contributed by atoms with Crippen LogP contribution in [-0.4, -0.2) is 0 Å². The molecule has 0 saturated carbocycles. The summed E-state index contributed by atoms with van der Waals surface area (Å²) >= 11 is 0. The van der Waals surface area contributed by atoms with Crippen molar-refractivity contribution < 1.29 is 0 Å². The first-order chi connectivity index (χ1) is 39.8. The van der Waals surface area contributed by atoms with Gasteiger partial charge < -0.3 is 0 Å². The van der Waals surface area contributed by atoms with Crippen molar-refractivity contribution in [2.75, 3.05) is 0 Å². The summed E-state index contributed by atoms with van der Waals surface area (Å²) in [6.07, 6.45) is 0. The molecule has 0 radical (unpaired) electrons. The number of hydrogen-bond donors (Lipinski definition) is 0. The topological polar surface area (TPSA) is 0 Å². The van der Waals surface area contributed by atoms with E-state index in [0.717, 1.165) is 0 Å². The maximum Gasteiger partial charge on any atom is -0.0175 e. The van der Waals surface area contributed by atoms with Gasteiger partial charge in [0.25, 0.3) is 0 Å². The lowest BCUT2D eigenvalue weighted by Crippen LogP contribution is -1.85. The summed E-state index contributed by atoms with van der Waals surface area (Å²) in [4.78, 5) is 0. The van der Waals surface area contributed by atoms with Crippen molar-refractivity contribution >= 4 is 0 Å². The van der Waals surface area contributed by atoms with Gasteiger partial charge in [-0.3, -0.25) is 0 Å². The minimum Gasteiger partial charge on any atom is -0.0622 e. The van der Waals surface area contributed by atoms with E-state index in [4.69, 9.17) is 0 Å². The summed E-state index contributed by atoms with van der Waals surface area (Å²) in [6.45, 7) is 6.42. The van der Waals surface area contributed by atoms with E-state index in [0.29, 0.717) is 0 Å². The zero-order valence-corrected chi connectivity index (χ0v) is 46.3. The Kier molecular flexibility index (Phi) is 16.7. The molecular formula is C81H64. The quantitative estimate of drug-likeness (QED) is 0.128. The molecule has 0 nitrogen and oxygen atoms in total. The molecular weight excluding hydrogens is 973 g/mol. The van der Waals surface area contributed by atoms with E-state index in [1.807, 2.05) is 0 Å². The maximum absolute atomic E-state index is 2.29. The molecule has 0 amide bonds. The molecule has 0 spiro atoms. The second kappa shape index (κ2) is 25.6. The second-order valence-corrected chi connectivity index (χ2v) is 20.8. The van der Waals surface area contributed by atoms with Gasteiger partial charge in [0.1, 0.15) is 0 Å². The summed E-state index contributed by atoms with van der Waals surface area (Å²) in [5.74, 6) is 0. The third-order valence-corrected chi connectivity index (χ3v) is 14.8. The van der Waals surface area contributed by atoms with Gasteiger partial charge in [0.05, 0.1) is 0 Å². The molecule has 13 rings (SSSR count). The normalized spacial score (nSPS) is 10.7. The van der Waals surface area contributed by atoms with E-state index in [-0.39, 0.29) is 0 Å². The minimum absolute atomic E-state index is 1.23. The van der Waals surface area contributed by atoms with E-state index >= 15 is 0 Å². The lowest BCUT2D eigenvalue weighted by molar-refractivity contribution is 1.46. The predicted octanol–water partition coefficient (Wildman–Crippen LogP) is 22.7. The third-order valence-electron chi connectivity index (χ3n) is 14.8. The smallest absolute Gasteiger partial charge is 0.0175 e. The molecule has 0 aromatic heterocycles. The molecule has 0 fully saturated rings. The van der Waals surface area contributed by atoms with Gasteiger partial charge in [0, 0.05) is 0 Å². The van der Waals surface area contributed by atoms with Crippen LogP contribution in [0.4, 0.5) is 0 Å². The molecule has 0 atom stereocenters. The van der Waals surface area contributed by atoms with Crippen molar-refractivity contribution in [2.45, 2.75) is 20.8 Å². The number of rotatable bonds is 10. The van der Waals surface area contributed by atoms with Crippen LogP contribution in [0.2, 0.25) is 0 Å². The Labute approximate surface area is 479 Å². The summed E-state index contributed by atoms with van der Waals surface area (Å²) in [6, 6.07) is 119. The first-order valence-corrected chi connectivity index (χ1v) is 27.9. The fourth-order valence-corrected chi connectivity index (χ4v) is 10.5. The van der Waals surface area contributed by atoms with Crippen LogP contribution in [0.3, 0.4) is 0 Å². The van der Waals surface area contributed by atoms with Crippen LogP contribution >= 0.6 is 0 Å². The average Bonchev–Trinajstić information content (AvgIpc) is 3.58. The van der Waals surface area contributed by atoms with E-state index in [1.165, 1.54) is 128 Å². The predicted molar refractivity (Wildman–Crippen MR) is 348 cm³/mol. The molecule has 0 heterocycles. The summed E-state index contributed by atoms with van der Waals surface area (Å²) < 4.78 is 0. The van der Waals surface area contributed by atoms with E-state index < -0.39 is 0 Å². The van der Waals surface area contributed by atoms with Crippen molar-refractivity contribution in [2.24, 2.45) is 0 Å². The molecule has 0 bridgehead atoms. The Morgan fingerprint density at radius 1 is 0.111 bits per heavy atom. The van der Waals surface area contributed by atoms with Crippen LogP contribution in [-0.2, 0) is 0 Å². The Morgan fingerprint density at radius 2 is 0.296 bits per heavy atom. The molecule has 0 N–H and O–H groups in total. The van der Waals surface area contributed by atoms with Gasteiger partial charge in [-0.2, -0.15) is 0 Å². The molecule has 0 saturated heterocycles. The fourth-order valence-electron chi connectivity index (χ4n) is 10.5. The van der Waals surface area contributed by atoms with Gasteiger partial charge >= 0.3 is 0 Å². The van der Waals surface area contributed by atoms with E-state index in [9.17, 15) is 0 Å². The highest BCUT2D eigenvalue weighted by Gasteiger charge is 2.09. The molecule has 0 aliphatic carbocycles. The van der Waals surface area contributed by atoms with Gasteiger partial charge in [-0.05, 0) is 180 Å². The Balaban J connectivity index is 0.000000129. The number of aryl methyl sites for hydroxylation is 3. The Bertz CT molecular complexity index is 4150. The van der Waals surface area contributed by atoms with Crippen LogP contribution in [0.15, 0.2) is 334 Å². The molecule has 0 heteroatoms. The van der Waals surface area contributed by atoms with E-state index in [2.05, 4.69) is 354 Å². The zero-order chi connectivity index (χ0) is 55.2. The molecule has 13 aromatic carbocycles. The maximum atomic E-state index is 2.29. The van der Waals surface area contributed by atoms with Crippen LogP contribution in [0.1, 0.15) is 16.7 Å². The summed E-state index contributed by atoms with van der Waals surface area (Å²) in [5.41, 5.74) is 28.8. The molecule has 13 aromatic rings. The molecule has 388 valence electrons. The molecule has 0 aliphatic rings. The Morgan fingerprint density at radius 3 is 0.593 bits per heavy atom. The highest BCUT2D eigenvalue weighted by Crippen LogP contribution is 2.35. The Hall–Kier alpha value is -10.1. The standard InChI is InChI=1S/C31H24.2C25H20/c1-23-9-5-12-25(19-23)27-14-7-16-29(21-27)31-18-8-17-30(22-31)28-15-6-13-26(20-28)24-10-3-2-4-11-24;1-19-15-24(21-11-6-3-7-12-21)18-25(16-19)23-14-8-13-22(17-23)20-9-4-2-5-10-20;1-19-13-15-21(16-14-19)23-10-6-12-25(18-23)24-11-5-9-22(17-24)20-7-3-2-4-8-20/h2-22H,1H3;2*2-18H,1H3. The van der Waals surface area contributed by atoms with Crippen LogP contribution in [0, 0.1) is 20.8 Å². The molecule has 0 unspecified atom stereocenters. The summed E-state index contributed by atoms with van der Waals surface area (Å²) in [7, 11) is 0. The second-order valence-electron chi connectivity index (χ2n) is 20.8.